The molecule has 0 fully saturated rings. The first-order valence-electron chi connectivity index (χ1n) is 4.96. The van der Waals surface area contributed by atoms with E-state index in [1.165, 1.54) is 17.8 Å². The van der Waals surface area contributed by atoms with Crippen LogP contribution in [-0.2, 0) is 0 Å². The molecule has 2 aromatic rings. The minimum Gasteiger partial charge on any atom is -0.343 e. The number of hydrogen-bond acceptors (Lipinski definition) is 3. The Morgan fingerprint density at radius 1 is 1.59 bits per heavy atom. The standard InChI is InChI=1S/C8H3ClN2S.C4H9.Li/c9-6-1-2-11-7-3-5(4-10)12-8(6)7;1-3-4-2;/h1-3H;1,3-4H2,2H3;/q;-1;+1. The molecule has 0 aliphatic rings. The first-order valence-corrected chi connectivity index (χ1v) is 6.15. The first kappa shape index (κ1) is 16.5. The maximum Gasteiger partial charge on any atom is 1.00 e. The van der Waals surface area contributed by atoms with Crippen LogP contribution in [0.2, 0.25) is 5.02 Å². The number of nitriles is 1. The molecule has 17 heavy (non-hydrogen) atoms. The van der Waals surface area contributed by atoms with Gasteiger partial charge in [0.05, 0.1) is 15.2 Å². The van der Waals surface area contributed by atoms with Crippen molar-refractivity contribution in [1.82, 2.24) is 4.98 Å². The van der Waals surface area contributed by atoms with Gasteiger partial charge in [0.25, 0.3) is 0 Å². The normalized spacial score (nSPS) is 8.82. The predicted octanol–water partition coefficient (Wildman–Crippen LogP) is 1.45. The maximum atomic E-state index is 8.62. The Labute approximate surface area is 123 Å². The van der Waals surface area contributed by atoms with E-state index in [-0.39, 0.29) is 18.9 Å². The zero-order valence-corrected chi connectivity index (χ0v) is 11.6. The van der Waals surface area contributed by atoms with Crippen molar-refractivity contribution in [3.05, 3.63) is 35.2 Å². The van der Waals surface area contributed by atoms with Gasteiger partial charge in [-0.05, 0) is 12.1 Å². The summed E-state index contributed by atoms with van der Waals surface area (Å²) in [6.07, 6.45) is 3.92. The Kier molecular flexibility index (Phi) is 8.30. The largest absolute Gasteiger partial charge is 1.00 e. The number of thiophene rings is 1. The molecule has 0 aliphatic carbocycles. The molecule has 2 heterocycles. The van der Waals surface area contributed by atoms with Crippen molar-refractivity contribution in [2.45, 2.75) is 19.8 Å². The quantitative estimate of drug-likeness (QED) is 0.573. The maximum absolute atomic E-state index is 8.62. The van der Waals surface area contributed by atoms with E-state index >= 15 is 0 Å². The van der Waals surface area contributed by atoms with Crippen LogP contribution in [0.4, 0.5) is 0 Å². The van der Waals surface area contributed by atoms with Crippen LogP contribution in [0.5, 0.6) is 0 Å². The topological polar surface area (TPSA) is 36.7 Å². The summed E-state index contributed by atoms with van der Waals surface area (Å²) in [6, 6.07) is 5.53. The molecule has 2 rings (SSSR count). The Morgan fingerprint density at radius 2 is 2.24 bits per heavy atom. The van der Waals surface area contributed by atoms with Crippen molar-refractivity contribution in [2.24, 2.45) is 0 Å². The molecule has 0 saturated carbocycles. The molecule has 0 saturated heterocycles. The summed E-state index contributed by atoms with van der Waals surface area (Å²) < 4.78 is 0.885. The molecule has 0 N–H and O–H groups in total. The summed E-state index contributed by atoms with van der Waals surface area (Å²) >= 11 is 7.26. The smallest absolute Gasteiger partial charge is 0.343 e. The number of halogens is 1. The van der Waals surface area contributed by atoms with Gasteiger partial charge >= 0.3 is 18.9 Å². The van der Waals surface area contributed by atoms with E-state index in [1.807, 2.05) is 0 Å². The van der Waals surface area contributed by atoms with E-state index in [4.69, 9.17) is 16.9 Å². The van der Waals surface area contributed by atoms with Gasteiger partial charge in [0, 0.05) is 6.20 Å². The van der Waals surface area contributed by atoms with Crippen molar-refractivity contribution in [1.29, 1.82) is 5.26 Å². The van der Waals surface area contributed by atoms with Crippen LogP contribution in [-0.4, -0.2) is 4.98 Å². The zero-order chi connectivity index (χ0) is 12.0. The second-order valence-corrected chi connectivity index (χ2v) is 4.54. The molecular weight excluding hydrogens is 247 g/mol. The summed E-state index contributed by atoms with van der Waals surface area (Å²) in [5.74, 6) is 0. The molecule has 84 valence electrons. The second-order valence-electron chi connectivity index (χ2n) is 3.08. The Bertz CT molecular complexity index is 503. The monoisotopic (exact) mass is 258 g/mol. The number of nitrogens with zero attached hydrogens (tertiary/aromatic N) is 2. The van der Waals surface area contributed by atoms with E-state index in [0.29, 0.717) is 9.90 Å². The molecule has 0 amide bonds. The van der Waals surface area contributed by atoms with Crippen molar-refractivity contribution in [3.63, 3.8) is 0 Å². The zero-order valence-electron chi connectivity index (χ0n) is 10.0. The molecule has 0 aromatic carbocycles. The fraction of sp³-hybridized carbons (Fsp3) is 0.250. The van der Waals surface area contributed by atoms with Crippen LogP contribution in [0.3, 0.4) is 0 Å². The molecule has 0 aliphatic heterocycles. The van der Waals surface area contributed by atoms with Gasteiger partial charge in [-0.25, -0.2) is 0 Å². The average molecular weight is 259 g/mol. The van der Waals surface area contributed by atoms with Gasteiger partial charge in [0.2, 0.25) is 0 Å². The van der Waals surface area contributed by atoms with Gasteiger partial charge in [0.1, 0.15) is 10.9 Å². The third-order valence-electron chi connectivity index (χ3n) is 1.83. The number of rotatable bonds is 1. The average Bonchev–Trinajstić information content (AvgIpc) is 2.74. The predicted molar refractivity (Wildman–Crippen MR) is 69.6 cm³/mol. The first-order chi connectivity index (χ1) is 7.72. The van der Waals surface area contributed by atoms with E-state index in [0.717, 1.165) is 16.6 Å². The van der Waals surface area contributed by atoms with Crippen molar-refractivity contribution >= 4 is 33.2 Å². The molecular formula is C12H12ClLiN2S. The SMILES string of the molecule is N#Cc1cc2nccc(Cl)c2s1.[CH2-]CCC.[Li+]. The van der Waals surface area contributed by atoms with Gasteiger partial charge in [0.15, 0.2) is 0 Å². The van der Waals surface area contributed by atoms with Gasteiger partial charge in [-0.15, -0.1) is 11.3 Å². The third-order valence-corrected chi connectivity index (χ3v) is 3.32. The van der Waals surface area contributed by atoms with Crippen LogP contribution in [0, 0.1) is 18.3 Å². The Balaban J connectivity index is 0.000000453. The number of aromatic nitrogens is 1. The van der Waals surface area contributed by atoms with E-state index in [9.17, 15) is 0 Å². The number of pyridine rings is 1. The van der Waals surface area contributed by atoms with Crippen molar-refractivity contribution in [2.75, 3.05) is 0 Å². The summed E-state index contributed by atoms with van der Waals surface area (Å²) in [5.41, 5.74) is 0.795. The van der Waals surface area contributed by atoms with E-state index in [1.54, 1.807) is 18.3 Å². The van der Waals surface area contributed by atoms with Crippen molar-refractivity contribution in [3.8, 4) is 6.07 Å². The summed E-state index contributed by atoms with van der Waals surface area (Å²) in [4.78, 5) is 4.73. The van der Waals surface area contributed by atoms with Crippen LogP contribution in [0.1, 0.15) is 24.6 Å². The molecule has 2 aromatic heterocycles. The fourth-order valence-electron chi connectivity index (χ4n) is 0.962. The molecule has 0 radical (unpaired) electrons. The Morgan fingerprint density at radius 3 is 2.71 bits per heavy atom. The second kappa shape index (κ2) is 8.56. The number of unbranched alkanes of at least 4 members (excludes halogenated alkanes) is 1. The van der Waals surface area contributed by atoms with Gasteiger partial charge in [-0.2, -0.15) is 11.7 Å². The van der Waals surface area contributed by atoms with Crippen molar-refractivity contribution < 1.29 is 18.9 Å². The molecule has 0 unspecified atom stereocenters. The van der Waals surface area contributed by atoms with Gasteiger partial charge in [-0.1, -0.05) is 24.9 Å². The Hall–Kier alpha value is -0.513. The summed E-state index contributed by atoms with van der Waals surface area (Å²) in [5, 5.41) is 9.28. The van der Waals surface area contributed by atoms with Crippen LogP contribution in [0.25, 0.3) is 10.2 Å². The molecule has 0 spiro atoms. The van der Waals surface area contributed by atoms with Gasteiger partial charge < -0.3 is 6.92 Å². The van der Waals surface area contributed by atoms with Crippen LogP contribution in [0.15, 0.2) is 18.3 Å². The minimum atomic E-state index is 0. The number of fused-ring (bicyclic) bond motifs is 1. The molecule has 0 atom stereocenters. The van der Waals surface area contributed by atoms with E-state index in [2.05, 4.69) is 24.9 Å². The molecule has 5 heteroatoms. The molecule has 2 nitrogen and oxygen atoms in total. The third kappa shape index (κ3) is 4.70. The number of hydrogen-bond donors (Lipinski definition) is 0. The van der Waals surface area contributed by atoms with Gasteiger partial charge in [-0.3, -0.25) is 4.98 Å². The van der Waals surface area contributed by atoms with E-state index < -0.39 is 0 Å². The summed E-state index contributed by atoms with van der Waals surface area (Å²) in [6.45, 7) is 5.72. The summed E-state index contributed by atoms with van der Waals surface area (Å²) in [7, 11) is 0. The van der Waals surface area contributed by atoms with Crippen LogP contribution >= 0.6 is 22.9 Å². The fourth-order valence-corrected chi connectivity index (χ4v) is 2.05. The molecule has 0 bridgehead atoms. The van der Waals surface area contributed by atoms with Crippen LogP contribution < -0.4 is 18.9 Å². The minimum absolute atomic E-state index is 0.